The number of rotatable bonds is 2. The average Bonchev–Trinajstić information content (AvgIpc) is 2.33. The molecule has 0 unspecified atom stereocenters. The highest BCUT2D eigenvalue weighted by molar-refractivity contribution is 5.82. The van der Waals surface area contributed by atoms with Crippen LogP contribution in [0.3, 0.4) is 0 Å². The maximum absolute atomic E-state index is 10.9. The van der Waals surface area contributed by atoms with E-state index in [-0.39, 0.29) is 11.3 Å². The van der Waals surface area contributed by atoms with Crippen molar-refractivity contribution < 1.29 is 4.79 Å². The fraction of sp³-hybridized carbons (Fsp3) is 0.875. The lowest BCUT2D eigenvalue weighted by Gasteiger charge is -1.97. The van der Waals surface area contributed by atoms with Gasteiger partial charge in [-0.15, -0.1) is 0 Å². The number of hydrogen-bond donors (Lipinski definition) is 1. The fourth-order valence-electron chi connectivity index (χ4n) is 1.99. The van der Waals surface area contributed by atoms with Gasteiger partial charge in [0.05, 0.1) is 0 Å². The van der Waals surface area contributed by atoms with Crippen molar-refractivity contribution in [2.75, 3.05) is 6.54 Å². The van der Waals surface area contributed by atoms with Crippen LogP contribution >= 0.6 is 0 Å². The monoisotopic (exact) mass is 141 g/mol. The third kappa shape index (κ3) is 0.870. The van der Waals surface area contributed by atoms with Crippen LogP contribution in [0.25, 0.3) is 0 Å². The lowest BCUT2D eigenvalue weighted by molar-refractivity contribution is -0.119. The van der Waals surface area contributed by atoms with E-state index in [1.165, 1.54) is 0 Å². The molecule has 0 aromatic rings. The molecule has 1 rings (SSSR count). The van der Waals surface area contributed by atoms with Gasteiger partial charge in [0.1, 0.15) is 5.78 Å². The molecule has 0 aromatic carbocycles. The van der Waals surface area contributed by atoms with Crippen molar-refractivity contribution in [2.24, 2.45) is 23.0 Å². The van der Waals surface area contributed by atoms with E-state index < -0.39 is 0 Å². The van der Waals surface area contributed by atoms with Crippen LogP contribution in [0.15, 0.2) is 0 Å². The van der Waals surface area contributed by atoms with Gasteiger partial charge in [0, 0.05) is 5.92 Å². The van der Waals surface area contributed by atoms with Gasteiger partial charge in [-0.1, -0.05) is 13.8 Å². The maximum Gasteiger partial charge on any atom is 0.133 e. The van der Waals surface area contributed by atoms with Crippen LogP contribution in [0.4, 0.5) is 0 Å². The third-order valence-electron chi connectivity index (χ3n) is 2.74. The average molecular weight is 141 g/mol. The molecule has 0 radical (unpaired) electrons. The Labute approximate surface area is 61.8 Å². The molecule has 1 fully saturated rings. The number of carbonyl (C=O) groups is 1. The molecule has 2 heteroatoms. The highest BCUT2D eigenvalue weighted by Crippen LogP contribution is 2.57. The van der Waals surface area contributed by atoms with Crippen LogP contribution in [0.5, 0.6) is 0 Å². The van der Waals surface area contributed by atoms with Crippen molar-refractivity contribution in [1.82, 2.24) is 0 Å². The Balaban J connectivity index is 2.61. The smallest absolute Gasteiger partial charge is 0.133 e. The molecular weight excluding hydrogens is 126 g/mol. The van der Waals surface area contributed by atoms with Crippen LogP contribution in [0.2, 0.25) is 0 Å². The molecule has 1 saturated carbocycles. The predicted octanol–water partition coefficient (Wildman–Crippen LogP) is 0.806. The Hall–Kier alpha value is -0.370. The van der Waals surface area contributed by atoms with E-state index in [0.717, 1.165) is 0 Å². The highest BCUT2D eigenvalue weighted by atomic mass is 16.1. The topological polar surface area (TPSA) is 43.1 Å². The maximum atomic E-state index is 10.9. The zero-order valence-electron chi connectivity index (χ0n) is 6.85. The largest absolute Gasteiger partial charge is 0.330 e. The van der Waals surface area contributed by atoms with Crippen molar-refractivity contribution in [3.63, 3.8) is 0 Å². The lowest BCUT2D eigenvalue weighted by atomic mass is 10.1. The highest BCUT2D eigenvalue weighted by Gasteiger charge is 2.58. The van der Waals surface area contributed by atoms with Gasteiger partial charge < -0.3 is 5.73 Å². The summed E-state index contributed by atoms with van der Waals surface area (Å²) >= 11 is 0. The van der Waals surface area contributed by atoms with E-state index >= 15 is 0 Å². The van der Waals surface area contributed by atoms with Gasteiger partial charge in [-0.3, -0.25) is 4.79 Å². The van der Waals surface area contributed by atoms with Crippen LogP contribution in [-0.2, 0) is 4.79 Å². The Morgan fingerprint density at radius 2 is 2.10 bits per heavy atom. The molecule has 0 spiro atoms. The molecule has 58 valence electrons. The van der Waals surface area contributed by atoms with Crippen molar-refractivity contribution in [3.05, 3.63) is 0 Å². The second-order valence-corrected chi connectivity index (χ2v) is 3.75. The van der Waals surface area contributed by atoms with Gasteiger partial charge in [-0.25, -0.2) is 0 Å². The van der Waals surface area contributed by atoms with E-state index in [9.17, 15) is 4.79 Å². The lowest BCUT2D eigenvalue weighted by Crippen LogP contribution is -2.06. The van der Waals surface area contributed by atoms with Crippen molar-refractivity contribution in [1.29, 1.82) is 0 Å². The van der Waals surface area contributed by atoms with Gasteiger partial charge in [0.25, 0.3) is 0 Å². The van der Waals surface area contributed by atoms with Crippen LogP contribution < -0.4 is 5.73 Å². The Kier molecular flexibility index (Phi) is 1.59. The first kappa shape index (κ1) is 7.73. The minimum Gasteiger partial charge on any atom is -0.330 e. The summed E-state index contributed by atoms with van der Waals surface area (Å²) in [6.07, 6.45) is 0. The molecule has 0 heterocycles. The molecule has 10 heavy (non-hydrogen) atoms. The number of ketones is 1. The Morgan fingerprint density at radius 3 is 2.20 bits per heavy atom. The van der Waals surface area contributed by atoms with Gasteiger partial charge in [-0.05, 0) is 24.8 Å². The summed E-state index contributed by atoms with van der Waals surface area (Å²) in [5, 5.41) is 0. The first-order valence-corrected chi connectivity index (χ1v) is 3.72. The number of carbonyl (C=O) groups excluding carboxylic acids is 1. The van der Waals surface area contributed by atoms with E-state index in [0.29, 0.717) is 18.2 Å². The zero-order valence-corrected chi connectivity index (χ0v) is 6.85. The summed E-state index contributed by atoms with van der Waals surface area (Å²) in [4.78, 5) is 10.9. The molecular formula is C8H15NO. The Morgan fingerprint density at radius 1 is 1.60 bits per heavy atom. The summed E-state index contributed by atoms with van der Waals surface area (Å²) in [7, 11) is 0. The number of Topliss-reactive ketones (excluding diaryl/α,β-unsaturated/α-hetero) is 1. The van der Waals surface area contributed by atoms with E-state index in [1.807, 2.05) is 0 Å². The van der Waals surface area contributed by atoms with Crippen molar-refractivity contribution >= 4 is 5.78 Å². The third-order valence-corrected chi connectivity index (χ3v) is 2.74. The molecule has 2 atom stereocenters. The summed E-state index contributed by atoms with van der Waals surface area (Å²) < 4.78 is 0. The normalized spacial score (nSPS) is 35.6. The number of hydrogen-bond acceptors (Lipinski definition) is 2. The van der Waals surface area contributed by atoms with Gasteiger partial charge in [0.2, 0.25) is 0 Å². The summed E-state index contributed by atoms with van der Waals surface area (Å²) in [5.74, 6) is 0.961. The van der Waals surface area contributed by atoms with E-state index in [2.05, 4.69) is 13.8 Å². The SMILES string of the molecule is CC(=O)[C@@H]1[C@@H](CN)C1(C)C. The van der Waals surface area contributed by atoms with Gasteiger partial charge in [-0.2, -0.15) is 0 Å². The van der Waals surface area contributed by atoms with Crippen LogP contribution in [-0.4, -0.2) is 12.3 Å². The summed E-state index contributed by atoms with van der Waals surface area (Å²) in [6, 6.07) is 0. The van der Waals surface area contributed by atoms with Gasteiger partial charge in [0.15, 0.2) is 0 Å². The molecule has 1 aliphatic carbocycles. The predicted molar refractivity (Wildman–Crippen MR) is 40.5 cm³/mol. The summed E-state index contributed by atoms with van der Waals surface area (Å²) in [6.45, 7) is 6.52. The second-order valence-electron chi connectivity index (χ2n) is 3.75. The molecule has 0 aliphatic heterocycles. The number of nitrogens with two attached hydrogens (primary N) is 1. The molecule has 2 N–H and O–H groups in total. The van der Waals surface area contributed by atoms with E-state index in [4.69, 9.17) is 5.73 Å². The van der Waals surface area contributed by atoms with Crippen LogP contribution in [0, 0.1) is 17.3 Å². The minimum absolute atomic E-state index is 0.181. The quantitative estimate of drug-likeness (QED) is 0.618. The minimum atomic E-state index is 0.181. The standard InChI is InChI=1S/C8H15NO/c1-5(10)7-6(4-9)8(7,2)3/h6-7H,4,9H2,1-3H3/t6-,7-/m1/s1. The van der Waals surface area contributed by atoms with Crippen molar-refractivity contribution in [2.45, 2.75) is 20.8 Å². The molecule has 0 saturated heterocycles. The molecule has 1 aliphatic rings. The Bertz CT molecular complexity index is 163. The van der Waals surface area contributed by atoms with Gasteiger partial charge >= 0.3 is 0 Å². The first-order valence-electron chi connectivity index (χ1n) is 3.72. The molecule has 2 nitrogen and oxygen atoms in total. The second kappa shape index (κ2) is 2.06. The van der Waals surface area contributed by atoms with Crippen LogP contribution in [0.1, 0.15) is 20.8 Å². The fourth-order valence-corrected chi connectivity index (χ4v) is 1.99. The van der Waals surface area contributed by atoms with E-state index in [1.54, 1.807) is 6.92 Å². The zero-order chi connectivity index (χ0) is 7.94. The summed E-state index contributed by atoms with van der Waals surface area (Å²) in [5.41, 5.74) is 5.67. The van der Waals surface area contributed by atoms with Crippen molar-refractivity contribution in [3.8, 4) is 0 Å². The molecule has 0 amide bonds. The first-order chi connectivity index (χ1) is 4.51. The molecule has 0 bridgehead atoms. The molecule has 0 aromatic heterocycles.